The van der Waals surface area contributed by atoms with Crippen LogP contribution in [0, 0.1) is 17.8 Å². The minimum absolute atomic E-state index is 0.190. The number of nitrogens with one attached hydrogen (secondary N) is 1. The maximum Gasteiger partial charge on any atom is 0.277 e. The van der Waals surface area contributed by atoms with Crippen LogP contribution in [0.2, 0.25) is 0 Å². The molecule has 2 aromatic rings. The average Bonchev–Trinajstić information content (AvgIpc) is 3.36. The molecule has 0 bridgehead atoms. The number of aromatic nitrogens is 3. The molecule has 152 valence electrons. The second-order valence-electron chi connectivity index (χ2n) is 7.06. The number of nitrogens with two attached hydrogens (primary N) is 1. The number of carbonyl (C=O) groups excluding carboxylic acids is 1. The van der Waals surface area contributed by atoms with Crippen LogP contribution >= 0.6 is 23.1 Å². The third-order valence-electron chi connectivity index (χ3n) is 5.03. The fourth-order valence-corrected chi connectivity index (χ4v) is 5.49. The van der Waals surface area contributed by atoms with Gasteiger partial charge in [0.25, 0.3) is 5.91 Å². The fourth-order valence-electron chi connectivity index (χ4n) is 3.52. The van der Waals surface area contributed by atoms with Crippen molar-refractivity contribution in [2.45, 2.75) is 38.5 Å². The minimum atomic E-state index is -0.574. The van der Waals surface area contributed by atoms with Gasteiger partial charge >= 0.3 is 0 Å². The van der Waals surface area contributed by atoms with E-state index in [1.807, 2.05) is 5.38 Å². The zero-order chi connectivity index (χ0) is 20.4. The molecule has 0 spiro atoms. The summed E-state index contributed by atoms with van der Waals surface area (Å²) in [6.07, 6.45) is 2.82. The molecule has 0 saturated carbocycles. The second kappa shape index (κ2) is 8.18. The number of carbonyl (C=O) groups is 1. The molecule has 3 atom stereocenters. The van der Waals surface area contributed by atoms with Crippen LogP contribution in [0.5, 0.6) is 0 Å². The number of anilines is 1. The largest absolute Gasteiger partial charge is 0.379 e. The molecule has 2 aliphatic heterocycles. The number of thioether (sulfide) groups is 1. The molecule has 1 fully saturated rings. The van der Waals surface area contributed by atoms with Crippen LogP contribution in [0.3, 0.4) is 0 Å². The SMILES string of the molecule is CC#CCn1ccc(C(=O)Nc2csc(C34COC(C)CC3CSC(N)=N4)n2)n1. The van der Waals surface area contributed by atoms with Gasteiger partial charge in [0.05, 0.1) is 12.7 Å². The average molecular weight is 431 g/mol. The van der Waals surface area contributed by atoms with E-state index in [2.05, 4.69) is 34.2 Å². The summed E-state index contributed by atoms with van der Waals surface area (Å²) >= 11 is 3.05. The molecule has 1 amide bonds. The number of hydrogen-bond acceptors (Lipinski definition) is 8. The molecular formula is C19H22N6O2S2. The number of rotatable bonds is 4. The van der Waals surface area contributed by atoms with Gasteiger partial charge in [0.15, 0.2) is 10.9 Å². The van der Waals surface area contributed by atoms with Gasteiger partial charge in [-0.05, 0) is 26.3 Å². The van der Waals surface area contributed by atoms with Gasteiger partial charge in [-0.15, -0.1) is 17.3 Å². The van der Waals surface area contributed by atoms with Crippen molar-refractivity contribution in [3.8, 4) is 11.8 Å². The molecule has 3 unspecified atom stereocenters. The van der Waals surface area contributed by atoms with E-state index in [4.69, 9.17) is 15.5 Å². The van der Waals surface area contributed by atoms with Crippen molar-refractivity contribution in [2.75, 3.05) is 17.7 Å². The molecule has 2 aliphatic rings. The van der Waals surface area contributed by atoms with E-state index in [1.165, 1.54) is 11.3 Å². The Kier molecular flexibility index (Phi) is 5.63. The van der Waals surface area contributed by atoms with Gasteiger partial charge in [0.1, 0.15) is 22.9 Å². The molecule has 4 heterocycles. The molecule has 0 radical (unpaired) electrons. The van der Waals surface area contributed by atoms with Crippen molar-refractivity contribution < 1.29 is 9.53 Å². The number of nitrogens with zero attached hydrogens (tertiary/aromatic N) is 4. The first-order valence-corrected chi connectivity index (χ1v) is 11.2. The summed E-state index contributed by atoms with van der Waals surface area (Å²) in [6, 6.07) is 1.66. The van der Waals surface area contributed by atoms with Crippen LogP contribution < -0.4 is 11.1 Å². The lowest BCUT2D eigenvalue weighted by Crippen LogP contribution is -2.49. The highest BCUT2D eigenvalue weighted by atomic mass is 32.2. The Labute approximate surface area is 177 Å². The lowest BCUT2D eigenvalue weighted by atomic mass is 9.80. The number of thiazole rings is 1. The molecular weight excluding hydrogens is 408 g/mol. The van der Waals surface area contributed by atoms with Crippen molar-refractivity contribution in [1.29, 1.82) is 0 Å². The van der Waals surface area contributed by atoms with Crippen molar-refractivity contribution in [1.82, 2.24) is 14.8 Å². The Morgan fingerprint density at radius 2 is 2.41 bits per heavy atom. The maximum absolute atomic E-state index is 12.5. The predicted molar refractivity (Wildman–Crippen MR) is 115 cm³/mol. The van der Waals surface area contributed by atoms with E-state index in [9.17, 15) is 4.79 Å². The van der Waals surface area contributed by atoms with E-state index in [-0.39, 0.29) is 12.0 Å². The van der Waals surface area contributed by atoms with Gasteiger partial charge in [0.2, 0.25) is 0 Å². The highest BCUT2D eigenvalue weighted by Gasteiger charge is 2.49. The first kappa shape index (κ1) is 19.9. The first-order chi connectivity index (χ1) is 14.0. The molecule has 1 saturated heterocycles. The quantitative estimate of drug-likeness (QED) is 0.721. The number of fused-ring (bicyclic) bond motifs is 1. The molecule has 3 N–H and O–H groups in total. The van der Waals surface area contributed by atoms with Gasteiger partial charge < -0.3 is 15.8 Å². The van der Waals surface area contributed by atoms with E-state index in [0.717, 1.165) is 17.2 Å². The minimum Gasteiger partial charge on any atom is -0.379 e. The Bertz CT molecular complexity index is 1000. The Balaban J connectivity index is 1.53. The van der Waals surface area contributed by atoms with Gasteiger partial charge in [-0.3, -0.25) is 9.48 Å². The summed E-state index contributed by atoms with van der Waals surface area (Å²) in [5, 5.41) is 10.3. The monoisotopic (exact) mass is 430 g/mol. The standard InChI is InChI=1S/C19H22N6O2S2/c1-3-4-6-25-7-5-14(24-25)16(26)21-15-10-28-17(22-15)19-11-27-12(2)8-13(19)9-29-18(20)23-19/h5,7,10,12-13H,6,8-9,11H2,1-2H3,(H2,20,23)(H,21,26). The van der Waals surface area contributed by atoms with E-state index in [0.29, 0.717) is 35.7 Å². The lowest BCUT2D eigenvalue weighted by Gasteiger charge is -2.44. The molecule has 2 aromatic heterocycles. The molecule has 29 heavy (non-hydrogen) atoms. The van der Waals surface area contributed by atoms with Crippen LogP contribution in [-0.4, -0.2) is 44.3 Å². The van der Waals surface area contributed by atoms with Gasteiger partial charge in [-0.1, -0.05) is 17.7 Å². The van der Waals surface area contributed by atoms with Crippen LogP contribution in [0.1, 0.15) is 35.8 Å². The topological polar surface area (TPSA) is 107 Å². The number of amidine groups is 1. The number of aliphatic imine (C=N–C) groups is 1. The second-order valence-corrected chi connectivity index (χ2v) is 8.96. The first-order valence-electron chi connectivity index (χ1n) is 9.30. The highest BCUT2D eigenvalue weighted by Crippen LogP contribution is 2.46. The molecule has 4 rings (SSSR count). The zero-order valence-corrected chi connectivity index (χ0v) is 17.8. The molecule has 8 nitrogen and oxygen atoms in total. The maximum atomic E-state index is 12.5. The van der Waals surface area contributed by atoms with Crippen LogP contribution in [0.15, 0.2) is 22.6 Å². The molecule has 0 aliphatic carbocycles. The van der Waals surface area contributed by atoms with E-state index >= 15 is 0 Å². The highest BCUT2D eigenvalue weighted by molar-refractivity contribution is 8.13. The summed E-state index contributed by atoms with van der Waals surface area (Å²) < 4.78 is 7.56. The van der Waals surface area contributed by atoms with Crippen molar-refractivity contribution in [3.63, 3.8) is 0 Å². The van der Waals surface area contributed by atoms with E-state index < -0.39 is 5.54 Å². The Morgan fingerprint density at radius 3 is 3.24 bits per heavy atom. The summed E-state index contributed by atoms with van der Waals surface area (Å²) in [5.41, 5.74) is 5.79. The number of ether oxygens (including phenoxy) is 1. The van der Waals surface area contributed by atoms with Gasteiger partial charge in [-0.25, -0.2) is 9.98 Å². The number of amides is 1. The van der Waals surface area contributed by atoms with Gasteiger partial charge in [0, 0.05) is 23.2 Å². The predicted octanol–water partition coefficient (Wildman–Crippen LogP) is 2.30. The van der Waals surface area contributed by atoms with Crippen LogP contribution in [-0.2, 0) is 16.8 Å². The third-order valence-corrected chi connectivity index (χ3v) is 6.99. The lowest BCUT2D eigenvalue weighted by molar-refractivity contribution is -0.0466. The van der Waals surface area contributed by atoms with Crippen molar-refractivity contribution in [2.24, 2.45) is 16.6 Å². The zero-order valence-electron chi connectivity index (χ0n) is 16.2. The van der Waals surface area contributed by atoms with Crippen LogP contribution in [0.25, 0.3) is 0 Å². The molecule has 10 heteroatoms. The summed E-state index contributed by atoms with van der Waals surface area (Å²) in [6.45, 7) is 4.74. The third kappa shape index (κ3) is 4.03. The van der Waals surface area contributed by atoms with Crippen molar-refractivity contribution in [3.05, 3.63) is 28.3 Å². The normalized spacial score (nSPS) is 26.1. The summed E-state index contributed by atoms with van der Waals surface area (Å²) in [7, 11) is 0. The summed E-state index contributed by atoms with van der Waals surface area (Å²) in [4.78, 5) is 22.0. The summed E-state index contributed by atoms with van der Waals surface area (Å²) in [5.74, 6) is 7.08. The van der Waals surface area contributed by atoms with Crippen molar-refractivity contribution >= 4 is 40.0 Å². The van der Waals surface area contributed by atoms with Crippen LogP contribution in [0.4, 0.5) is 5.82 Å². The Hall–Kier alpha value is -2.35. The fraction of sp³-hybridized carbons (Fsp3) is 0.474. The molecule has 0 aromatic carbocycles. The smallest absolute Gasteiger partial charge is 0.277 e. The number of hydrogen-bond donors (Lipinski definition) is 2. The van der Waals surface area contributed by atoms with Gasteiger partial charge in [-0.2, -0.15) is 5.10 Å². The Morgan fingerprint density at radius 1 is 1.55 bits per heavy atom. The van der Waals surface area contributed by atoms with E-state index in [1.54, 1.807) is 35.6 Å².